The number of sulfonamides is 1. The first-order valence-electron chi connectivity index (χ1n) is 8.08. The van der Waals surface area contributed by atoms with Gasteiger partial charge in [0.25, 0.3) is 0 Å². The summed E-state index contributed by atoms with van der Waals surface area (Å²) in [7, 11) is -3.77. The molecule has 1 amide bonds. The van der Waals surface area contributed by atoms with E-state index in [1.54, 1.807) is 48.5 Å². The van der Waals surface area contributed by atoms with E-state index in [-0.39, 0.29) is 10.3 Å². The molecule has 0 aliphatic carbocycles. The van der Waals surface area contributed by atoms with Crippen molar-refractivity contribution in [3.8, 4) is 0 Å². The van der Waals surface area contributed by atoms with Gasteiger partial charge in [-0.15, -0.1) is 0 Å². The number of benzene rings is 2. The molecule has 2 N–H and O–H groups in total. The zero-order valence-corrected chi connectivity index (χ0v) is 15.7. The fourth-order valence-electron chi connectivity index (χ4n) is 2.26. The van der Waals surface area contributed by atoms with Crippen molar-refractivity contribution in [2.45, 2.75) is 44.0 Å². The zero-order valence-electron chi connectivity index (χ0n) is 14.9. The molecular formula is C19H24N2O3S. The first-order valence-corrected chi connectivity index (χ1v) is 9.57. The van der Waals surface area contributed by atoms with Gasteiger partial charge in [0.1, 0.15) is 0 Å². The third-order valence-electron chi connectivity index (χ3n) is 3.80. The topological polar surface area (TPSA) is 75.3 Å². The van der Waals surface area contributed by atoms with Gasteiger partial charge in [-0.25, -0.2) is 8.42 Å². The number of carbonyl (C=O) groups excluding carboxylic acids is 1. The molecule has 2 rings (SSSR count). The van der Waals surface area contributed by atoms with Gasteiger partial charge in [0.15, 0.2) is 0 Å². The van der Waals surface area contributed by atoms with Crippen LogP contribution in [-0.2, 0) is 20.2 Å². The molecule has 0 aromatic heterocycles. The largest absolute Gasteiger partial charge is 0.325 e. The van der Waals surface area contributed by atoms with Crippen LogP contribution in [0.2, 0.25) is 0 Å². The normalized spacial score (nSPS) is 13.3. The van der Waals surface area contributed by atoms with Gasteiger partial charge in [-0.3, -0.25) is 4.79 Å². The minimum absolute atomic E-state index is 0.0570. The number of carbonyl (C=O) groups is 1. The van der Waals surface area contributed by atoms with Crippen molar-refractivity contribution in [3.63, 3.8) is 0 Å². The molecule has 0 aliphatic rings. The van der Waals surface area contributed by atoms with Gasteiger partial charge in [0.2, 0.25) is 15.9 Å². The Morgan fingerprint density at radius 1 is 0.960 bits per heavy atom. The average molecular weight is 360 g/mol. The Kier molecular flexibility index (Phi) is 5.65. The maximum atomic E-state index is 12.5. The lowest BCUT2D eigenvalue weighted by Crippen LogP contribution is -2.41. The predicted octanol–water partition coefficient (Wildman–Crippen LogP) is 3.29. The summed E-state index contributed by atoms with van der Waals surface area (Å²) in [6.45, 7) is 7.69. The molecule has 25 heavy (non-hydrogen) atoms. The summed E-state index contributed by atoms with van der Waals surface area (Å²) in [6.07, 6.45) is 0. The summed E-state index contributed by atoms with van der Waals surface area (Å²) in [4.78, 5) is 12.3. The summed E-state index contributed by atoms with van der Waals surface area (Å²) in [5.41, 5.74) is 1.60. The molecule has 0 bridgehead atoms. The van der Waals surface area contributed by atoms with Crippen LogP contribution in [-0.4, -0.2) is 20.4 Å². The number of hydrogen-bond donors (Lipinski definition) is 2. The second-order valence-electron chi connectivity index (χ2n) is 6.97. The minimum atomic E-state index is -3.77. The van der Waals surface area contributed by atoms with Crippen molar-refractivity contribution in [1.82, 2.24) is 4.72 Å². The average Bonchev–Trinajstić information content (AvgIpc) is 2.54. The number of rotatable bonds is 5. The Morgan fingerprint density at radius 3 is 2.04 bits per heavy atom. The number of para-hydroxylation sites is 1. The van der Waals surface area contributed by atoms with Crippen molar-refractivity contribution in [2.75, 3.05) is 5.32 Å². The van der Waals surface area contributed by atoms with E-state index >= 15 is 0 Å². The van der Waals surface area contributed by atoms with E-state index in [2.05, 4.69) is 30.8 Å². The van der Waals surface area contributed by atoms with E-state index < -0.39 is 22.0 Å². The monoisotopic (exact) mass is 360 g/mol. The Morgan fingerprint density at radius 2 is 1.52 bits per heavy atom. The van der Waals surface area contributed by atoms with Gasteiger partial charge in [-0.2, -0.15) is 4.72 Å². The van der Waals surface area contributed by atoms with Gasteiger partial charge in [-0.1, -0.05) is 51.1 Å². The lowest BCUT2D eigenvalue weighted by atomic mass is 9.87. The second kappa shape index (κ2) is 7.37. The summed E-state index contributed by atoms with van der Waals surface area (Å²) < 4.78 is 27.3. The fourth-order valence-corrected chi connectivity index (χ4v) is 3.46. The lowest BCUT2D eigenvalue weighted by molar-refractivity contribution is -0.117. The summed E-state index contributed by atoms with van der Waals surface area (Å²) >= 11 is 0. The molecule has 0 saturated carbocycles. The molecule has 2 aromatic rings. The Hall–Kier alpha value is -2.18. The molecule has 0 radical (unpaired) electrons. The SMILES string of the molecule is C[C@H](NS(=O)(=O)c1ccc(C(C)(C)C)cc1)C(=O)Nc1ccccc1. The predicted molar refractivity (Wildman–Crippen MR) is 100.0 cm³/mol. The van der Waals surface area contributed by atoms with E-state index in [9.17, 15) is 13.2 Å². The summed E-state index contributed by atoms with van der Waals surface area (Å²) in [5, 5.41) is 2.68. The molecule has 0 heterocycles. The van der Waals surface area contributed by atoms with E-state index in [1.165, 1.54) is 6.92 Å². The van der Waals surface area contributed by atoms with Crippen molar-refractivity contribution < 1.29 is 13.2 Å². The van der Waals surface area contributed by atoms with E-state index in [4.69, 9.17) is 0 Å². The first-order chi connectivity index (χ1) is 11.6. The molecule has 0 saturated heterocycles. The van der Waals surface area contributed by atoms with Crippen LogP contribution in [0.4, 0.5) is 5.69 Å². The number of hydrogen-bond acceptors (Lipinski definition) is 3. The van der Waals surface area contributed by atoms with Crippen LogP contribution in [0, 0.1) is 0 Å². The van der Waals surface area contributed by atoms with Crippen LogP contribution in [0.3, 0.4) is 0 Å². The standard InChI is InChI=1S/C19H24N2O3S/c1-14(18(22)20-16-8-6-5-7-9-16)21-25(23,24)17-12-10-15(11-13-17)19(2,3)4/h5-14,21H,1-4H3,(H,20,22)/t14-/m0/s1. The van der Waals surface area contributed by atoms with Gasteiger partial charge < -0.3 is 5.32 Å². The van der Waals surface area contributed by atoms with Crippen LogP contribution in [0.25, 0.3) is 0 Å². The molecule has 1 atom stereocenters. The second-order valence-corrected chi connectivity index (χ2v) is 8.69. The zero-order chi connectivity index (χ0) is 18.7. The molecule has 0 fully saturated rings. The van der Waals surface area contributed by atoms with Crippen LogP contribution in [0.1, 0.15) is 33.3 Å². The molecular weight excluding hydrogens is 336 g/mol. The van der Waals surface area contributed by atoms with Crippen molar-refractivity contribution in [2.24, 2.45) is 0 Å². The lowest BCUT2D eigenvalue weighted by Gasteiger charge is -2.19. The molecule has 134 valence electrons. The van der Waals surface area contributed by atoms with Crippen LogP contribution in [0.15, 0.2) is 59.5 Å². The highest BCUT2D eigenvalue weighted by Gasteiger charge is 2.23. The molecule has 6 heteroatoms. The van der Waals surface area contributed by atoms with Crippen molar-refractivity contribution >= 4 is 21.6 Å². The Labute approximate surface area is 149 Å². The number of anilines is 1. The maximum Gasteiger partial charge on any atom is 0.242 e. The maximum absolute atomic E-state index is 12.5. The van der Waals surface area contributed by atoms with Gasteiger partial charge >= 0.3 is 0 Å². The van der Waals surface area contributed by atoms with Gasteiger partial charge in [-0.05, 0) is 42.2 Å². The highest BCUT2D eigenvalue weighted by molar-refractivity contribution is 7.89. The number of nitrogens with one attached hydrogen (secondary N) is 2. The highest BCUT2D eigenvalue weighted by atomic mass is 32.2. The van der Waals surface area contributed by atoms with E-state index in [1.807, 2.05) is 6.07 Å². The Balaban J connectivity index is 2.08. The van der Waals surface area contributed by atoms with E-state index in [0.29, 0.717) is 5.69 Å². The van der Waals surface area contributed by atoms with Crippen LogP contribution < -0.4 is 10.0 Å². The fraction of sp³-hybridized carbons (Fsp3) is 0.316. The van der Waals surface area contributed by atoms with Gasteiger partial charge in [0.05, 0.1) is 10.9 Å². The highest BCUT2D eigenvalue weighted by Crippen LogP contribution is 2.23. The Bertz CT molecular complexity index is 823. The van der Waals surface area contributed by atoms with Crippen molar-refractivity contribution in [1.29, 1.82) is 0 Å². The smallest absolute Gasteiger partial charge is 0.242 e. The van der Waals surface area contributed by atoms with E-state index in [0.717, 1.165) is 5.56 Å². The first kappa shape index (κ1) is 19.1. The molecule has 0 spiro atoms. The third-order valence-corrected chi connectivity index (χ3v) is 5.35. The molecule has 5 nitrogen and oxygen atoms in total. The third kappa shape index (κ3) is 5.14. The quantitative estimate of drug-likeness (QED) is 0.859. The number of amides is 1. The van der Waals surface area contributed by atoms with Crippen molar-refractivity contribution in [3.05, 3.63) is 60.2 Å². The minimum Gasteiger partial charge on any atom is -0.325 e. The molecule has 0 aliphatic heterocycles. The molecule has 0 unspecified atom stereocenters. The van der Waals surface area contributed by atoms with Crippen LogP contribution >= 0.6 is 0 Å². The van der Waals surface area contributed by atoms with Gasteiger partial charge in [0, 0.05) is 5.69 Å². The van der Waals surface area contributed by atoms with Crippen LogP contribution in [0.5, 0.6) is 0 Å². The molecule has 2 aromatic carbocycles. The summed E-state index contributed by atoms with van der Waals surface area (Å²) in [6, 6.07) is 14.7. The summed E-state index contributed by atoms with van der Waals surface area (Å²) in [5.74, 6) is -0.416.